The van der Waals surface area contributed by atoms with Gasteiger partial charge in [-0.05, 0) is 50.3 Å². The van der Waals surface area contributed by atoms with E-state index in [2.05, 4.69) is 5.32 Å². The van der Waals surface area contributed by atoms with Crippen LogP contribution in [-0.2, 0) is 9.59 Å². The lowest BCUT2D eigenvalue weighted by atomic mass is 9.83. The van der Waals surface area contributed by atoms with Gasteiger partial charge in [-0.2, -0.15) is 0 Å². The molecule has 2 N–H and O–H groups in total. The lowest BCUT2D eigenvalue weighted by molar-refractivity contribution is -0.143. The number of piperidine rings is 1. The first-order valence-corrected chi connectivity index (χ1v) is 10.4. The zero-order chi connectivity index (χ0) is 20.1. The Morgan fingerprint density at radius 3 is 2.79 bits per heavy atom. The molecule has 2 aliphatic rings. The van der Waals surface area contributed by atoms with Crippen molar-refractivity contribution in [3.63, 3.8) is 0 Å². The number of likely N-dealkylation sites (tertiary alicyclic amines) is 1. The summed E-state index contributed by atoms with van der Waals surface area (Å²) in [5.74, 6) is 0.456. The van der Waals surface area contributed by atoms with Gasteiger partial charge < -0.3 is 20.1 Å². The fraction of sp³-hybridized carbons (Fsp3) is 0.636. The summed E-state index contributed by atoms with van der Waals surface area (Å²) in [5, 5.41) is 13.5. The van der Waals surface area contributed by atoms with Gasteiger partial charge in [-0.3, -0.25) is 9.59 Å². The summed E-state index contributed by atoms with van der Waals surface area (Å²) in [5.41, 5.74) is 0.293. The van der Waals surface area contributed by atoms with Gasteiger partial charge in [0.25, 0.3) is 0 Å². The fourth-order valence-electron chi connectivity index (χ4n) is 4.67. The molecule has 0 spiro atoms. The molecular formula is C22H32N2O4. The first-order chi connectivity index (χ1) is 13.5. The van der Waals surface area contributed by atoms with Crippen molar-refractivity contribution in [1.29, 1.82) is 0 Å². The van der Waals surface area contributed by atoms with Gasteiger partial charge in [0.2, 0.25) is 11.8 Å². The minimum absolute atomic E-state index is 0.0413. The normalized spacial score (nSPS) is 24.2. The first-order valence-electron chi connectivity index (χ1n) is 10.4. The summed E-state index contributed by atoms with van der Waals surface area (Å²) in [6, 6.07) is 7.33. The van der Waals surface area contributed by atoms with Gasteiger partial charge in [0, 0.05) is 19.5 Å². The van der Waals surface area contributed by atoms with E-state index in [-0.39, 0.29) is 23.8 Å². The second-order valence-electron chi connectivity index (χ2n) is 8.02. The minimum atomic E-state index is -0.628. The van der Waals surface area contributed by atoms with Crippen LogP contribution in [0.15, 0.2) is 24.3 Å². The van der Waals surface area contributed by atoms with Gasteiger partial charge in [-0.25, -0.2) is 0 Å². The highest BCUT2D eigenvalue weighted by Gasteiger charge is 2.40. The van der Waals surface area contributed by atoms with Crippen LogP contribution in [0, 0.1) is 5.92 Å². The van der Waals surface area contributed by atoms with E-state index in [1.165, 1.54) is 0 Å². The maximum Gasteiger partial charge on any atom is 0.225 e. The van der Waals surface area contributed by atoms with Crippen molar-refractivity contribution in [2.45, 2.75) is 63.5 Å². The molecule has 2 atom stereocenters. The zero-order valence-corrected chi connectivity index (χ0v) is 16.9. The number of benzene rings is 1. The SMILES string of the molecule is CCN1C(=O)CC[C@@H](C(=O)NCCC2(O)CCCC2)[C@@H]1c1cccc(OC)c1. The summed E-state index contributed by atoms with van der Waals surface area (Å²) in [7, 11) is 1.61. The third-order valence-electron chi connectivity index (χ3n) is 6.24. The highest BCUT2D eigenvalue weighted by atomic mass is 16.5. The molecule has 1 aromatic rings. The van der Waals surface area contributed by atoms with Gasteiger partial charge in [0.15, 0.2) is 0 Å². The Kier molecular flexibility index (Phi) is 6.60. The Bertz CT molecular complexity index is 700. The maximum absolute atomic E-state index is 13.0. The second kappa shape index (κ2) is 8.95. The van der Waals surface area contributed by atoms with Crippen LogP contribution < -0.4 is 10.1 Å². The smallest absolute Gasteiger partial charge is 0.225 e. The maximum atomic E-state index is 13.0. The monoisotopic (exact) mass is 388 g/mol. The number of nitrogens with zero attached hydrogens (tertiary/aromatic N) is 1. The number of carbonyl (C=O) groups is 2. The van der Waals surface area contributed by atoms with Gasteiger partial charge in [0.1, 0.15) is 5.75 Å². The number of methoxy groups -OCH3 is 1. The van der Waals surface area contributed by atoms with Crippen molar-refractivity contribution < 1.29 is 19.4 Å². The highest BCUT2D eigenvalue weighted by molar-refractivity contribution is 5.85. The molecule has 6 heteroatoms. The van der Waals surface area contributed by atoms with Crippen molar-refractivity contribution >= 4 is 11.8 Å². The van der Waals surface area contributed by atoms with E-state index in [9.17, 15) is 14.7 Å². The predicted octanol–water partition coefficient (Wildman–Crippen LogP) is 2.81. The molecule has 2 fully saturated rings. The topological polar surface area (TPSA) is 78.9 Å². The number of hydrogen-bond donors (Lipinski definition) is 2. The Balaban J connectivity index is 1.74. The van der Waals surface area contributed by atoms with E-state index >= 15 is 0 Å². The third kappa shape index (κ3) is 4.49. The Morgan fingerprint density at radius 2 is 2.11 bits per heavy atom. The number of amides is 2. The fourth-order valence-corrected chi connectivity index (χ4v) is 4.67. The average Bonchev–Trinajstić information content (AvgIpc) is 3.14. The molecule has 2 amide bonds. The van der Waals surface area contributed by atoms with Crippen molar-refractivity contribution in [2.75, 3.05) is 20.2 Å². The van der Waals surface area contributed by atoms with E-state index in [4.69, 9.17) is 4.74 Å². The zero-order valence-electron chi connectivity index (χ0n) is 16.9. The van der Waals surface area contributed by atoms with Crippen LogP contribution in [0.25, 0.3) is 0 Å². The molecule has 0 unspecified atom stereocenters. The van der Waals surface area contributed by atoms with Crippen LogP contribution in [0.3, 0.4) is 0 Å². The molecule has 6 nitrogen and oxygen atoms in total. The summed E-state index contributed by atoms with van der Waals surface area (Å²) in [6.07, 6.45) is 5.25. The Morgan fingerprint density at radius 1 is 1.36 bits per heavy atom. The molecule has 1 aliphatic heterocycles. The second-order valence-corrected chi connectivity index (χ2v) is 8.02. The summed E-state index contributed by atoms with van der Waals surface area (Å²) in [4.78, 5) is 27.3. The molecule has 1 aliphatic carbocycles. The number of rotatable bonds is 7. The Labute approximate surface area is 167 Å². The molecule has 154 valence electrons. The molecule has 0 aromatic heterocycles. The largest absolute Gasteiger partial charge is 0.497 e. The summed E-state index contributed by atoms with van der Waals surface area (Å²) >= 11 is 0. The number of aliphatic hydroxyl groups is 1. The molecule has 0 radical (unpaired) electrons. The van der Waals surface area contributed by atoms with E-state index < -0.39 is 5.60 Å². The van der Waals surface area contributed by atoms with Crippen LogP contribution in [0.2, 0.25) is 0 Å². The first kappa shape index (κ1) is 20.6. The van der Waals surface area contributed by atoms with Crippen LogP contribution in [0.4, 0.5) is 0 Å². The van der Waals surface area contributed by atoms with Crippen molar-refractivity contribution in [3.8, 4) is 5.75 Å². The summed E-state index contributed by atoms with van der Waals surface area (Å²) in [6.45, 7) is 2.97. The van der Waals surface area contributed by atoms with Crippen LogP contribution in [-0.4, -0.2) is 47.6 Å². The highest BCUT2D eigenvalue weighted by Crippen LogP contribution is 2.38. The molecule has 1 aromatic carbocycles. The van der Waals surface area contributed by atoms with Crippen LogP contribution >= 0.6 is 0 Å². The number of nitrogens with one attached hydrogen (secondary N) is 1. The van der Waals surface area contributed by atoms with E-state index in [1.807, 2.05) is 31.2 Å². The molecule has 1 saturated heterocycles. The quantitative estimate of drug-likeness (QED) is 0.753. The van der Waals surface area contributed by atoms with E-state index in [0.29, 0.717) is 38.1 Å². The van der Waals surface area contributed by atoms with Crippen molar-refractivity contribution in [1.82, 2.24) is 10.2 Å². The molecule has 0 bridgehead atoms. The average molecular weight is 389 g/mol. The number of ether oxygens (including phenoxy) is 1. The van der Waals surface area contributed by atoms with E-state index in [0.717, 1.165) is 31.2 Å². The van der Waals surface area contributed by atoms with Gasteiger partial charge in [-0.1, -0.05) is 25.0 Å². The predicted molar refractivity (Wildman–Crippen MR) is 107 cm³/mol. The van der Waals surface area contributed by atoms with Crippen molar-refractivity contribution in [2.24, 2.45) is 5.92 Å². The summed E-state index contributed by atoms with van der Waals surface area (Å²) < 4.78 is 5.34. The van der Waals surface area contributed by atoms with Crippen molar-refractivity contribution in [3.05, 3.63) is 29.8 Å². The molecule has 3 rings (SSSR count). The standard InChI is InChI=1S/C22H32N2O4/c1-3-24-19(25)10-9-18(20(24)16-7-6-8-17(15-16)28-2)21(26)23-14-13-22(27)11-4-5-12-22/h6-8,15,18,20,27H,3-5,9-14H2,1-2H3,(H,23,26)/t18-,20+/m1/s1. The third-order valence-corrected chi connectivity index (χ3v) is 6.24. The molecule has 1 saturated carbocycles. The molecule has 28 heavy (non-hydrogen) atoms. The minimum Gasteiger partial charge on any atom is -0.497 e. The van der Waals surface area contributed by atoms with Crippen LogP contribution in [0.1, 0.15) is 63.5 Å². The lowest BCUT2D eigenvalue weighted by Gasteiger charge is -2.40. The number of carbonyl (C=O) groups excluding carboxylic acids is 2. The molecular weight excluding hydrogens is 356 g/mol. The van der Waals surface area contributed by atoms with Gasteiger partial charge >= 0.3 is 0 Å². The van der Waals surface area contributed by atoms with E-state index in [1.54, 1.807) is 12.0 Å². The number of hydrogen-bond acceptors (Lipinski definition) is 4. The lowest BCUT2D eigenvalue weighted by Crippen LogP contribution is -2.48. The Hall–Kier alpha value is -2.08. The van der Waals surface area contributed by atoms with Gasteiger partial charge in [0.05, 0.1) is 24.7 Å². The van der Waals surface area contributed by atoms with Gasteiger partial charge in [-0.15, -0.1) is 0 Å². The van der Waals surface area contributed by atoms with Crippen LogP contribution in [0.5, 0.6) is 5.75 Å². The molecule has 1 heterocycles.